The summed E-state index contributed by atoms with van der Waals surface area (Å²) in [6.07, 6.45) is 30.1. The van der Waals surface area contributed by atoms with Gasteiger partial charge in [-0.1, -0.05) is 135 Å². The third-order valence-corrected chi connectivity index (χ3v) is 7.62. The van der Waals surface area contributed by atoms with Gasteiger partial charge in [0.25, 0.3) is 0 Å². The summed E-state index contributed by atoms with van der Waals surface area (Å²) in [6.45, 7) is 4.12. The number of aliphatic hydroxyl groups is 3. The molecule has 0 bridgehead atoms. The Balaban J connectivity index is 3.78. The van der Waals surface area contributed by atoms with Gasteiger partial charge in [0.2, 0.25) is 5.91 Å². The van der Waals surface area contributed by atoms with Crippen molar-refractivity contribution in [1.29, 1.82) is 0 Å². The molecule has 3 atom stereocenters. The highest BCUT2D eigenvalue weighted by Gasteiger charge is 2.26. The molecule has 0 aromatic carbocycles. The van der Waals surface area contributed by atoms with Crippen molar-refractivity contribution in [2.45, 2.75) is 186 Å². The zero-order chi connectivity index (χ0) is 28.1. The molecule has 38 heavy (non-hydrogen) atoms. The van der Waals surface area contributed by atoms with Gasteiger partial charge < -0.3 is 20.6 Å². The van der Waals surface area contributed by atoms with Gasteiger partial charge in [-0.05, 0) is 38.5 Å². The summed E-state index contributed by atoms with van der Waals surface area (Å²) in [5, 5.41) is 33.1. The third-order valence-electron chi connectivity index (χ3n) is 7.62. The van der Waals surface area contributed by atoms with E-state index in [2.05, 4.69) is 31.3 Å². The van der Waals surface area contributed by atoms with Crippen LogP contribution in [0.1, 0.15) is 168 Å². The lowest BCUT2D eigenvalue weighted by atomic mass is 10.0. The summed E-state index contributed by atoms with van der Waals surface area (Å²) >= 11 is 0. The molecule has 0 heterocycles. The number of allylic oxidation sites excluding steroid dienone is 2. The van der Waals surface area contributed by atoms with E-state index in [9.17, 15) is 20.1 Å². The first-order chi connectivity index (χ1) is 18.6. The molecule has 0 aliphatic heterocycles. The molecular formula is C33H65NO4. The van der Waals surface area contributed by atoms with Gasteiger partial charge in [-0.3, -0.25) is 4.79 Å². The predicted octanol–water partition coefficient (Wildman–Crippen LogP) is 8.14. The number of nitrogens with one attached hydrogen (secondary N) is 1. The van der Waals surface area contributed by atoms with Gasteiger partial charge in [-0.2, -0.15) is 0 Å². The first-order valence-electron chi connectivity index (χ1n) is 16.5. The van der Waals surface area contributed by atoms with E-state index in [0.29, 0.717) is 12.8 Å². The van der Waals surface area contributed by atoms with E-state index in [4.69, 9.17) is 0 Å². The van der Waals surface area contributed by atoms with Crippen molar-refractivity contribution in [3.63, 3.8) is 0 Å². The van der Waals surface area contributed by atoms with E-state index >= 15 is 0 Å². The first-order valence-corrected chi connectivity index (χ1v) is 16.5. The second kappa shape index (κ2) is 29.1. The van der Waals surface area contributed by atoms with Gasteiger partial charge in [0.05, 0.1) is 18.8 Å². The lowest BCUT2D eigenvalue weighted by Gasteiger charge is -2.26. The molecule has 0 saturated heterocycles. The third kappa shape index (κ3) is 24.2. The Morgan fingerprint density at radius 2 is 1.05 bits per heavy atom. The standard InChI is InChI=1S/C33H65NO4/c1-3-5-7-9-11-13-15-16-18-19-21-23-25-27-31(36)33(38)30(29-35)34-32(37)28-26-24-22-20-17-14-12-10-8-6-4-2/h19,21,30-31,33,35-36,38H,3-18,20,22-29H2,1-2H3,(H,34,37)/b21-19+. The fraction of sp³-hybridized carbons (Fsp3) is 0.909. The molecule has 1 amide bonds. The number of carbonyl (C=O) groups excluding carboxylic acids is 1. The van der Waals surface area contributed by atoms with Crippen LogP contribution < -0.4 is 5.32 Å². The molecule has 3 unspecified atom stereocenters. The fourth-order valence-electron chi connectivity index (χ4n) is 4.98. The lowest BCUT2D eigenvalue weighted by molar-refractivity contribution is -0.124. The van der Waals surface area contributed by atoms with Crippen LogP contribution in [-0.2, 0) is 4.79 Å². The molecule has 0 spiro atoms. The Morgan fingerprint density at radius 3 is 1.53 bits per heavy atom. The number of hydrogen-bond acceptors (Lipinski definition) is 4. The minimum Gasteiger partial charge on any atom is -0.394 e. The highest BCUT2D eigenvalue weighted by Crippen LogP contribution is 2.14. The molecule has 0 aliphatic carbocycles. The number of carbonyl (C=O) groups is 1. The zero-order valence-corrected chi connectivity index (χ0v) is 25.3. The molecule has 0 aromatic heterocycles. The fourth-order valence-corrected chi connectivity index (χ4v) is 4.98. The van der Waals surface area contributed by atoms with Crippen LogP contribution >= 0.6 is 0 Å². The van der Waals surface area contributed by atoms with Gasteiger partial charge in [0.1, 0.15) is 6.10 Å². The van der Waals surface area contributed by atoms with Crippen molar-refractivity contribution < 1.29 is 20.1 Å². The topological polar surface area (TPSA) is 89.8 Å². The highest BCUT2D eigenvalue weighted by atomic mass is 16.3. The summed E-state index contributed by atoms with van der Waals surface area (Å²) in [4.78, 5) is 12.3. The SMILES string of the molecule is CCCCCCCCCC/C=C/CCCC(O)C(O)C(CO)NC(=O)CCCCCCCCCCCCC. The van der Waals surface area contributed by atoms with E-state index < -0.39 is 18.2 Å². The van der Waals surface area contributed by atoms with E-state index in [-0.39, 0.29) is 12.5 Å². The Morgan fingerprint density at radius 1 is 0.632 bits per heavy atom. The quantitative estimate of drug-likeness (QED) is 0.0570. The van der Waals surface area contributed by atoms with E-state index in [1.807, 2.05) is 0 Å². The summed E-state index contributed by atoms with van der Waals surface area (Å²) in [5.41, 5.74) is 0. The average molecular weight is 540 g/mol. The van der Waals surface area contributed by atoms with Crippen LogP contribution in [0.5, 0.6) is 0 Å². The lowest BCUT2D eigenvalue weighted by Crippen LogP contribution is -2.50. The number of amides is 1. The molecule has 0 saturated carbocycles. The largest absolute Gasteiger partial charge is 0.394 e. The van der Waals surface area contributed by atoms with E-state index in [1.54, 1.807) is 0 Å². The zero-order valence-electron chi connectivity index (χ0n) is 25.3. The van der Waals surface area contributed by atoms with Crippen LogP contribution in [0.3, 0.4) is 0 Å². The summed E-state index contributed by atoms with van der Waals surface area (Å²) < 4.78 is 0. The van der Waals surface area contributed by atoms with E-state index in [1.165, 1.54) is 103 Å². The molecule has 0 rings (SSSR count). The van der Waals surface area contributed by atoms with Crippen LogP contribution in [-0.4, -0.2) is 46.1 Å². The van der Waals surface area contributed by atoms with Crippen molar-refractivity contribution in [2.24, 2.45) is 0 Å². The Kier molecular flexibility index (Phi) is 28.4. The average Bonchev–Trinajstić information content (AvgIpc) is 2.92. The number of aliphatic hydroxyl groups excluding tert-OH is 3. The second-order valence-electron chi connectivity index (χ2n) is 11.4. The summed E-state index contributed by atoms with van der Waals surface area (Å²) in [7, 11) is 0. The maximum atomic E-state index is 12.3. The molecule has 0 aliphatic rings. The Labute approximate surface area is 236 Å². The van der Waals surface area contributed by atoms with Gasteiger partial charge in [-0.15, -0.1) is 0 Å². The Hall–Kier alpha value is -0.910. The molecule has 5 nitrogen and oxygen atoms in total. The van der Waals surface area contributed by atoms with Gasteiger partial charge in [0.15, 0.2) is 0 Å². The predicted molar refractivity (Wildman–Crippen MR) is 162 cm³/mol. The minimum atomic E-state index is -1.15. The van der Waals surface area contributed by atoms with Crippen LogP contribution in [0.4, 0.5) is 0 Å². The molecule has 0 aromatic rings. The first kappa shape index (κ1) is 37.1. The number of unbranched alkanes of at least 4 members (excludes halogenated alkanes) is 19. The van der Waals surface area contributed by atoms with Crippen molar-refractivity contribution in [1.82, 2.24) is 5.32 Å². The summed E-state index contributed by atoms with van der Waals surface area (Å²) in [5.74, 6) is -0.157. The molecule has 5 heteroatoms. The van der Waals surface area contributed by atoms with Crippen LogP contribution in [0.2, 0.25) is 0 Å². The molecular weight excluding hydrogens is 474 g/mol. The number of hydrogen-bond donors (Lipinski definition) is 4. The van der Waals surface area contributed by atoms with Crippen molar-refractivity contribution in [3.8, 4) is 0 Å². The van der Waals surface area contributed by atoms with Crippen LogP contribution in [0, 0.1) is 0 Å². The maximum Gasteiger partial charge on any atom is 0.220 e. The molecule has 0 fully saturated rings. The Bertz CT molecular complexity index is 525. The molecule has 4 N–H and O–H groups in total. The van der Waals surface area contributed by atoms with Crippen molar-refractivity contribution >= 4 is 5.91 Å². The monoisotopic (exact) mass is 539 g/mol. The maximum absolute atomic E-state index is 12.3. The smallest absolute Gasteiger partial charge is 0.220 e. The van der Waals surface area contributed by atoms with Crippen molar-refractivity contribution in [2.75, 3.05) is 6.61 Å². The van der Waals surface area contributed by atoms with Crippen molar-refractivity contribution in [3.05, 3.63) is 12.2 Å². The molecule has 0 radical (unpaired) electrons. The van der Waals surface area contributed by atoms with Gasteiger partial charge in [0, 0.05) is 6.42 Å². The molecule has 226 valence electrons. The second-order valence-corrected chi connectivity index (χ2v) is 11.4. The van der Waals surface area contributed by atoms with Gasteiger partial charge >= 0.3 is 0 Å². The summed E-state index contributed by atoms with van der Waals surface area (Å²) in [6, 6.07) is -0.817. The normalized spacial score (nSPS) is 14.1. The number of rotatable bonds is 29. The van der Waals surface area contributed by atoms with Crippen LogP contribution in [0.25, 0.3) is 0 Å². The highest BCUT2D eigenvalue weighted by molar-refractivity contribution is 5.76. The van der Waals surface area contributed by atoms with Gasteiger partial charge in [-0.25, -0.2) is 0 Å². The van der Waals surface area contributed by atoms with E-state index in [0.717, 1.165) is 38.5 Å². The minimum absolute atomic E-state index is 0.157. The van der Waals surface area contributed by atoms with Crippen LogP contribution in [0.15, 0.2) is 12.2 Å².